The topological polar surface area (TPSA) is 37.8 Å². The monoisotopic (exact) mass is 701 g/mol. The molecule has 4 aromatic carbocycles. The molecule has 0 fully saturated rings. The number of nitrogens with zero attached hydrogens (tertiary/aromatic N) is 3. The second kappa shape index (κ2) is 10.7. The van der Waals surface area contributed by atoms with Crippen molar-refractivity contribution >= 4 is 5.69 Å². The number of aromatic nitrogens is 1. The Morgan fingerprint density at radius 2 is 1.43 bits per heavy atom. The van der Waals surface area contributed by atoms with E-state index in [1.165, 1.54) is 0 Å². The van der Waals surface area contributed by atoms with Crippen LogP contribution in [-0.4, -0.2) is 16.9 Å². The molecule has 0 radical (unpaired) electrons. The Bertz CT molecular complexity index is 1640. The van der Waals surface area contributed by atoms with Crippen LogP contribution in [0.2, 0.25) is 0 Å². The van der Waals surface area contributed by atoms with Gasteiger partial charge in [0.25, 0.3) is 0 Å². The maximum atomic E-state index is 6.38. The Balaban J connectivity index is 0.00000289. The number of hydrogen-bond acceptors (Lipinski definition) is 5. The zero-order chi connectivity index (χ0) is 26.2. The molecule has 5 aromatic rings. The molecular weight excluding hydrogens is 677 g/mol. The molecule has 0 N–H and O–H groups in total. The van der Waals surface area contributed by atoms with Crippen LogP contribution in [0, 0.1) is 18.8 Å². The zero-order valence-corrected chi connectivity index (χ0v) is 23.9. The molecule has 5 nitrogen and oxygen atoms in total. The van der Waals surface area contributed by atoms with Crippen LogP contribution in [0.25, 0.3) is 0 Å². The summed E-state index contributed by atoms with van der Waals surface area (Å²) < 4.78 is 12.7. The first-order valence-electron chi connectivity index (χ1n) is 12.8. The van der Waals surface area contributed by atoms with Gasteiger partial charge in [-0.05, 0) is 43.7 Å². The Hall–Kier alpha value is -4.34. The Morgan fingerprint density at radius 3 is 2.10 bits per heavy atom. The maximum Gasteiger partial charge on any atom is 0.132 e. The van der Waals surface area contributed by atoms with Gasteiger partial charge in [0.05, 0.1) is 11.1 Å². The molecule has 2 aliphatic heterocycles. The number of rotatable bonds is 5. The van der Waals surface area contributed by atoms with Gasteiger partial charge in [0.2, 0.25) is 0 Å². The second-order valence-electron chi connectivity index (χ2n) is 9.48. The van der Waals surface area contributed by atoms with Crippen molar-refractivity contribution in [3.63, 3.8) is 0 Å². The molecule has 3 heterocycles. The van der Waals surface area contributed by atoms with Crippen molar-refractivity contribution in [3.05, 3.63) is 163 Å². The summed E-state index contributed by atoms with van der Waals surface area (Å²) in [5.41, 5.74) is 3.94. The van der Waals surface area contributed by atoms with Crippen LogP contribution in [0.4, 0.5) is 5.69 Å². The number of hydrogen-bond donors (Lipinski definition) is 0. The molecule has 0 aliphatic carbocycles. The fraction of sp³-hybridized carbons (Fsp3) is 0.0588. The van der Waals surface area contributed by atoms with E-state index in [0.717, 1.165) is 39.6 Å². The third-order valence-corrected chi connectivity index (χ3v) is 7.04. The van der Waals surface area contributed by atoms with Gasteiger partial charge in [-0.3, -0.25) is 4.98 Å². The summed E-state index contributed by atoms with van der Waals surface area (Å²) in [5.74, 6) is 2.79. The molecule has 0 unspecified atom stereocenters. The SMILES string of the molecule is CN1C=CN(c2[c-]c(Oc3[c-]c(C4(c5ccccn5)c5ccccc5Oc5ccccc54)ccc3)ccc2)[CH-]1.[Pt]. The number of fused-ring (bicyclic) bond motifs is 2. The van der Waals surface area contributed by atoms with Crippen molar-refractivity contribution in [1.29, 1.82) is 0 Å². The van der Waals surface area contributed by atoms with E-state index in [0.29, 0.717) is 11.5 Å². The molecule has 1 aromatic heterocycles. The third kappa shape index (κ3) is 4.37. The maximum absolute atomic E-state index is 6.38. The summed E-state index contributed by atoms with van der Waals surface area (Å²) in [5, 5.41) is 0. The van der Waals surface area contributed by atoms with Gasteiger partial charge in [0.1, 0.15) is 11.5 Å². The van der Waals surface area contributed by atoms with Gasteiger partial charge in [-0.1, -0.05) is 42.5 Å². The number of ether oxygens (including phenoxy) is 2. The van der Waals surface area contributed by atoms with Crippen molar-refractivity contribution in [2.75, 3.05) is 11.9 Å². The van der Waals surface area contributed by atoms with Crippen LogP contribution < -0.4 is 14.4 Å². The summed E-state index contributed by atoms with van der Waals surface area (Å²) in [6.07, 6.45) is 5.80. The third-order valence-electron chi connectivity index (χ3n) is 7.04. The minimum atomic E-state index is -0.752. The van der Waals surface area contributed by atoms with Crippen LogP contribution in [-0.2, 0) is 26.5 Å². The standard InChI is InChI=1S/C34H24N3O2.Pt/c1-36-20-21-37(24-36)26-11-9-13-28(23-26)38-27-12-8-10-25(22-27)34(33-18-6-7-19-35-33)29-14-2-4-16-31(29)39-32-17-5-3-15-30(32)34;/h2-21,24H,1H3;/q-3;. The smallest absolute Gasteiger partial charge is 0.132 e. The molecule has 0 spiro atoms. The fourth-order valence-electron chi connectivity index (χ4n) is 5.37. The average Bonchev–Trinajstić information content (AvgIpc) is 3.43. The van der Waals surface area contributed by atoms with Crippen LogP contribution >= 0.6 is 0 Å². The summed E-state index contributed by atoms with van der Waals surface area (Å²) in [4.78, 5) is 8.87. The minimum absolute atomic E-state index is 0. The largest absolute Gasteiger partial charge is 0.510 e. The number of benzene rings is 4. The molecule has 0 bridgehead atoms. The summed E-state index contributed by atoms with van der Waals surface area (Å²) >= 11 is 0. The minimum Gasteiger partial charge on any atom is -0.510 e. The van der Waals surface area contributed by atoms with Crippen molar-refractivity contribution in [1.82, 2.24) is 9.88 Å². The van der Waals surface area contributed by atoms with Gasteiger partial charge in [-0.25, -0.2) is 0 Å². The van der Waals surface area contributed by atoms with E-state index in [1.54, 1.807) is 0 Å². The van der Waals surface area contributed by atoms with E-state index in [2.05, 4.69) is 36.4 Å². The zero-order valence-electron chi connectivity index (χ0n) is 21.6. The van der Waals surface area contributed by atoms with Gasteiger partial charge in [-0.2, -0.15) is 24.9 Å². The summed E-state index contributed by atoms with van der Waals surface area (Å²) in [6.45, 7) is 1.99. The number of pyridine rings is 1. The molecule has 0 atom stereocenters. The fourth-order valence-corrected chi connectivity index (χ4v) is 5.37. The average molecular weight is 702 g/mol. The predicted octanol–water partition coefficient (Wildman–Crippen LogP) is 7.30. The van der Waals surface area contributed by atoms with Crippen molar-refractivity contribution in [3.8, 4) is 23.0 Å². The van der Waals surface area contributed by atoms with Crippen LogP contribution in [0.1, 0.15) is 22.4 Å². The second-order valence-corrected chi connectivity index (χ2v) is 9.48. The van der Waals surface area contributed by atoms with Gasteiger partial charge < -0.3 is 19.3 Å². The van der Waals surface area contributed by atoms with E-state index in [-0.39, 0.29) is 21.1 Å². The van der Waals surface area contributed by atoms with Gasteiger partial charge in [0.15, 0.2) is 0 Å². The molecule has 0 saturated heterocycles. The van der Waals surface area contributed by atoms with E-state index in [4.69, 9.17) is 14.5 Å². The Morgan fingerprint density at radius 1 is 0.750 bits per heavy atom. The van der Waals surface area contributed by atoms with E-state index in [9.17, 15) is 0 Å². The molecule has 0 saturated carbocycles. The Labute approximate surface area is 248 Å². The van der Waals surface area contributed by atoms with Crippen LogP contribution in [0.15, 0.2) is 122 Å². The quantitative estimate of drug-likeness (QED) is 0.177. The van der Waals surface area contributed by atoms with Crippen LogP contribution in [0.3, 0.4) is 0 Å². The van der Waals surface area contributed by atoms with Crippen molar-refractivity contribution < 1.29 is 30.5 Å². The molecule has 2 aliphatic rings. The molecule has 0 amide bonds. The molecule has 6 heteroatoms. The van der Waals surface area contributed by atoms with E-state index >= 15 is 0 Å². The van der Waals surface area contributed by atoms with Crippen molar-refractivity contribution in [2.24, 2.45) is 0 Å². The first-order valence-corrected chi connectivity index (χ1v) is 12.8. The molecular formula is C34H24N3O2Pt-3. The number of para-hydroxylation sites is 2. The summed E-state index contributed by atoms with van der Waals surface area (Å²) in [7, 11) is 1.99. The predicted molar refractivity (Wildman–Crippen MR) is 150 cm³/mol. The normalized spacial score (nSPS) is 14.5. The van der Waals surface area contributed by atoms with Crippen molar-refractivity contribution in [2.45, 2.75) is 5.41 Å². The molecule has 40 heavy (non-hydrogen) atoms. The van der Waals surface area contributed by atoms with Gasteiger partial charge in [-0.15, -0.1) is 41.6 Å². The van der Waals surface area contributed by atoms with Crippen LogP contribution in [0.5, 0.6) is 23.0 Å². The van der Waals surface area contributed by atoms with Gasteiger partial charge in [0, 0.05) is 49.9 Å². The van der Waals surface area contributed by atoms with E-state index in [1.807, 2.05) is 121 Å². The first-order chi connectivity index (χ1) is 19.2. The van der Waals surface area contributed by atoms with Gasteiger partial charge >= 0.3 is 0 Å². The van der Waals surface area contributed by atoms with E-state index < -0.39 is 5.41 Å². The molecule has 7 rings (SSSR count). The summed E-state index contributed by atoms with van der Waals surface area (Å²) in [6, 6.07) is 41.1. The molecule has 200 valence electrons. The Kier molecular flexibility index (Phi) is 6.91. The number of anilines is 1. The first kappa shape index (κ1) is 25.9.